The summed E-state index contributed by atoms with van der Waals surface area (Å²) in [5.74, 6) is 0.530. The Morgan fingerprint density at radius 3 is 3.13 bits per heavy atom. The fourth-order valence-electron chi connectivity index (χ4n) is 2.10. The molecule has 4 heteroatoms. The second-order valence-electron chi connectivity index (χ2n) is 4.18. The lowest BCUT2D eigenvalue weighted by Gasteiger charge is -2.18. The summed E-state index contributed by atoms with van der Waals surface area (Å²) in [6.07, 6.45) is 6.93. The van der Waals surface area contributed by atoms with Crippen molar-refractivity contribution >= 4 is 5.69 Å². The highest BCUT2D eigenvalue weighted by molar-refractivity contribution is 5.43. The van der Waals surface area contributed by atoms with Crippen molar-refractivity contribution in [3.8, 4) is 0 Å². The highest BCUT2D eigenvalue weighted by atomic mass is 15.3. The van der Waals surface area contributed by atoms with Crippen LogP contribution in [-0.2, 0) is 7.05 Å². The standard InChI is InChI=1S/C11H18N4/c1-3-11(12)9-4-5-15(7-9)10-6-13-14(2)8-10/h3,6,8-9,11H,1,4-5,7,12H2,2H3. The van der Waals surface area contributed by atoms with Gasteiger partial charge in [0.25, 0.3) is 0 Å². The molecule has 1 aliphatic heterocycles. The molecule has 0 amide bonds. The molecule has 15 heavy (non-hydrogen) atoms. The molecule has 2 rings (SSSR count). The summed E-state index contributed by atoms with van der Waals surface area (Å²) in [7, 11) is 1.94. The van der Waals surface area contributed by atoms with E-state index in [9.17, 15) is 0 Å². The molecule has 2 heterocycles. The average molecular weight is 206 g/mol. The number of nitrogens with zero attached hydrogens (tertiary/aromatic N) is 3. The van der Waals surface area contributed by atoms with Crippen LogP contribution in [0.15, 0.2) is 25.0 Å². The lowest BCUT2D eigenvalue weighted by molar-refractivity contribution is 0.524. The van der Waals surface area contributed by atoms with E-state index < -0.39 is 0 Å². The summed E-state index contributed by atoms with van der Waals surface area (Å²) in [6.45, 7) is 5.83. The molecule has 0 radical (unpaired) electrons. The predicted octanol–water partition coefficient (Wildman–Crippen LogP) is 0.760. The summed E-state index contributed by atoms with van der Waals surface area (Å²) >= 11 is 0. The molecule has 4 nitrogen and oxygen atoms in total. The third kappa shape index (κ3) is 2.04. The molecule has 2 N–H and O–H groups in total. The van der Waals surface area contributed by atoms with Crippen molar-refractivity contribution in [1.82, 2.24) is 9.78 Å². The Morgan fingerprint density at radius 1 is 1.73 bits per heavy atom. The Morgan fingerprint density at radius 2 is 2.53 bits per heavy atom. The van der Waals surface area contributed by atoms with Crippen LogP contribution in [0.3, 0.4) is 0 Å². The average Bonchev–Trinajstić information content (AvgIpc) is 2.84. The maximum Gasteiger partial charge on any atom is 0.0752 e. The Kier molecular flexibility index (Phi) is 2.77. The van der Waals surface area contributed by atoms with Crippen LogP contribution in [0.5, 0.6) is 0 Å². The van der Waals surface area contributed by atoms with Crippen LogP contribution >= 0.6 is 0 Å². The van der Waals surface area contributed by atoms with Crippen LogP contribution in [-0.4, -0.2) is 28.9 Å². The summed E-state index contributed by atoms with van der Waals surface area (Å²) in [4.78, 5) is 2.33. The highest BCUT2D eigenvalue weighted by Gasteiger charge is 2.26. The van der Waals surface area contributed by atoms with E-state index in [2.05, 4.69) is 16.6 Å². The number of hydrogen-bond donors (Lipinski definition) is 1. The monoisotopic (exact) mass is 206 g/mol. The lowest BCUT2D eigenvalue weighted by atomic mass is 10.0. The van der Waals surface area contributed by atoms with Crippen molar-refractivity contribution < 1.29 is 0 Å². The fraction of sp³-hybridized carbons (Fsp3) is 0.545. The van der Waals surface area contributed by atoms with E-state index in [0.717, 1.165) is 19.5 Å². The van der Waals surface area contributed by atoms with Crippen molar-refractivity contribution in [2.75, 3.05) is 18.0 Å². The van der Waals surface area contributed by atoms with Gasteiger partial charge in [0, 0.05) is 32.4 Å². The van der Waals surface area contributed by atoms with E-state index >= 15 is 0 Å². The van der Waals surface area contributed by atoms with E-state index in [1.54, 1.807) is 0 Å². The largest absolute Gasteiger partial charge is 0.369 e. The Bertz CT molecular complexity index is 344. The van der Waals surface area contributed by atoms with Crippen LogP contribution < -0.4 is 10.6 Å². The van der Waals surface area contributed by atoms with Gasteiger partial charge in [0.15, 0.2) is 0 Å². The van der Waals surface area contributed by atoms with Crippen LogP contribution in [0.2, 0.25) is 0 Å². The molecule has 2 unspecified atom stereocenters. The smallest absolute Gasteiger partial charge is 0.0752 e. The van der Waals surface area contributed by atoms with Crippen LogP contribution in [0, 0.1) is 5.92 Å². The molecule has 1 aromatic rings. The van der Waals surface area contributed by atoms with Crippen molar-refractivity contribution in [3.63, 3.8) is 0 Å². The van der Waals surface area contributed by atoms with Crippen LogP contribution in [0.25, 0.3) is 0 Å². The van der Waals surface area contributed by atoms with E-state index in [1.807, 2.05) is 30.2 Å². The molecular weight excluding hydrogens is 188 g/mol. The minimum Gasteiger partial charge on any atom is -0.369 e. The number of hydrogen-bond acceptors (Lipinski definition) is 3. The molecule has 2 atom stereocenters. The number of nitrogens with two attached hydrogens (primary N) is 1. The first kappa shape index (κ1) is 10.2. The summed E-state index contributed by atoms with van der Waals surface area (Å²) < 4.78 is 1.83. The molecule has 1 aliphatic rings. The molecule has 82 valence electrons. The molecule has 0 spiro atoms. The van der Waals surface area contributed by atoms with Gasteiger partial charge in [0.05, 0.1) is 11.9 Å². The molecular formula is C11H18N4. The van der Waals surface area contributed by atoms with Crippen LogP contribution in [0.1, 0.15) is 6.42 Å². The first-order valence-electron chi connectivity index (χ1n) is 5.32. The third-order valence-corrected chi connectivity index (χ3v) is 3.10. The molecule has 1 aromatic heterocycles. The van der Waals surface area contributed by atoms with Gasteiger partial charge in [-0.25, -0.2) is 0 Å². The maximum atomic E-state index is 5.96. The second-order valence-corrected chi connectivity index (χ2v) is 4.18. The van der Waals surface area contributed by atoms with Crippen molar-refractivity contribution in [1.29, 1.82) is 0 Å². The van der Waals surface area contributed by atoms with Gasteiger partial charge >= 0.3 is 0 Å². The first-order valence-corrected chi connectivity index (χ1v) is 5.32. The first-order chi connectivity index (χ1) is 7.20. The normalized spacial score (nSPS) is 23.1. The number of anilines is 1. The molecule has 0 aromatic carbocycles. The minimum absolute atomic E-state index is 0.117. The minimum atomic E-state index is 0.117. The zero-order valence-corrected chi connectivity index (χ0v) is 9.13. The van der Waals surface area contributed by atoms with E-state index in [0.29, 0.717) is 5.92 Å². The van der Waals surface area contributed by atoms with Gasteiger partial charge in [0.1, 0.15) is 0 Å². The van der Waals surface area contributed by atoms with E-state index in [1.165, 1.54) is 5.69 Å². The molecule has 0 saturated carbocycles. The van der Waals surface area contributed by atoms with E-state index in [-0.39, 0.29) is 6.04 Å². The third-order valence-electron chi connectivity index (χ3n) is 3.10. The van der Waals surface area contributed by atoms with Gasteiger partial charge in [-0.1, -0.05) is 6.08 Å². The molecule has 0 aliphatic carbocycles. The number of rotatable bonds is 3. The van der Waals surface area contributed by atoms with Crippen molar-refractivity contribution in [2.45, 2.75) is 12.5 Å². The molecule has 1 fully saturated rings. The van der Waals surface area contributed by atoms with Gasteiger partial charge in [-0.15, -0.1) is 6.58 Å². The fourth-order valence-corrected chi connectivity index (χ4v) is 2.10. The summed E-state index contributed by atoms with van der Waals surface area (Å²) in [5, 5.41) is 4.17. The van der Waals surface area contributed by atoms with Crippen molar-refractivity contribution in [3.05, 3.63) is 25.0 Å². The summed E-state index contributed by atoms with van der Waals surface area (Å²) in [5.41, 5.74) is 7.15. The maximum absolute atomic E-state index is 5.96. The SMILES string of the molecule is C=CC(N)C1CCN(c2cnn(C)c2)C1. The van der Waals surface area contributed by atoms with Crippen molar-refractivity contribution in [2.24, 2.45) is 18.7 Å². The Hall–Kier alpha value is -1.29. The number of aryl methyl sites for hydroxylation is 1. The van der Waals surface area contributed by atoms with Gasteiger partial charge in [0.2, 0.25) is 0 Å². The highest BCUT2D eigenvalue weighted by Crippen LogP contribution is 2.24. The zero-order chi connectivity index (χ0) is 10.8. The van der Waals surface area contributed by atoms with Gasteiger partial charge in [-0.3, -0.25) is 4.68 Å². The quantitative estimate of drug-likeness (QED) is 0.743. The number of aromatic nitrogens is 2. The van der Waals surface area contributed by atoms with Gasteiger partial charge < -0.3 is 10.6 Å². The van der Waals surface area contributed by atoms with Gasteiger partial charge in [-0.05, 0) is 12.3 Å². The van der Waals surface area contributed by atoms with Crippen LogP contribution in [0.4, 0.5) is 5.69 Å². The second kappa shape index (κ2) is 4.06. The lowest BCUT2D eigenvalue weighted by Crippen LogP contribution is -2.30. The Labute approximate surface area is 90.4 Å². The summed E-state index contributed by atoms with van der Waals surface area (Å²) in [6, 6.07) is 0.117. The molecule has 1 saturated heterocycles. The Balaban J connectivity index is 2.01. The van der Waals surface area contributed by atoms with E-state index in [4.69, 9.17) is 5.73 Å². The molecule has 0 bridgehead atoms. The predicted molar refractivity (Wildman–Crippen MR) is 61.7 cm³/mol. The zero-order valence-electron chi connectivity index (χ0n) is 9.13. The van der Waals surface area contributed by atoms with Gasteiger partial charge in [-0.2, -0.15) is 5.10 Å². The topological polar surface area (TPSA) is 47.1 Å².